The second-order valence-corrected chi connectivity index (χ2v) is 8.93. The summed E-state index contributed by atoms with van der Waals surface area (Å²) in [4.78, 5) is 6.79. The maximum atomic E-state index is 13.0. The quantitative estimate of drug-likeness (QED) is 0.656. The van der Waals surface area contributed by atoms with Gasteiger partial charge in [-0.05, 0) is 49.6 Å². The average molecular weight is 385 g/mol. The number of hydrogen-bond donors (Lipinski definition) is 0. The van der Waals surface area contributed by atoms with E-state index in [1.165, 1.54) is 10.4 Å². The molecule has 0 saturated carbocycles. The Morgan fingerprint density at radius 1 is 1.07 bits per heavy atom. The Balaban J connectivity index is 1.48. The molecular formula is C20H24N4O2S. The fourth-order valence-electron chi connectivity index (χ4n) is 3.83. The van der Waals surface area contributed by atoms with Crippen LogP contribution >= 0.6 is 0 Å². The molecule has 1 saturated heterocycles. The smallest absolute Gasteiger partial charge is 0.267 e. The molecule has 1 aromatic carbocycles. The molecule has 0 bridgehead atoms. The van der Waals surface area contributed by atoms with E-state index in [2.05, 4.69) is 14.5 Å². The van der Waals surface area contributed by atoms with Crippen molar-refractivity contribution in [2.45, 2.75) is 30.8 Å². The fraction of sp³-hybridized carbons (Fsp3) is 0.350. The zero-order valence-corrected chi connectivity index (χ0v) is 16.0. The largest absolute Gasteiger partial charge is 0.337 e. The number of benzene rings is 1. The van der Waals surface area contributed by atoms with Crippen LogP contribution in [-0.4, -0.2) is 39.9 Å². The normalized spacial score (nSPS) is 18.6. The van der Waals surface area contributed by atoms with Gasteiger partial charge in [0.2, 0.25) is 0 Å². The molecule has 0 radical (unpaired) electrons. The van der Waals surface area contributed by atoms with Gasteiger partial charge in [-0.25, -0.2) is 17.4 Å². The molecule has 3 heterocycles. The molecule has 1 fully saturated rings. The van der Waals surface area contributed by atoms with E-state index in [1.807, 2.05) is 36.9 Å². The van der Waals surface area contributed by atoms with Crippen molar-refractivity contribution in [3.63, 3.8) is 0 Å². The van der Waals surface area contributed by atoms with E-state index in [4.69, 9.17) is 0 Å². The highest BCUT2D eigenvalue weighted by Crippen LogP contribution is 2.22. The molecule has 4 rings (SSSR count). The van der Waals surface area contributed by atoms with E-state index in [0.717, 1.165) is 31.7 Å². The zero-order chi connectivity index (χ0) is 18.7. The first-order valence-electron chi connectivity index (χ1n) is 9.28. The van der Waals surface area contributed by atoms with Crippen molar-refractivity contribution >= 4 is 10.0 Å². The number of imidazole rings is 1. The lowest BCUT2D eigenvalue weighted by atomic mass is 9.98. The van der Waals surface area contributed by atoms with Crippen molar-refractivity contribution in [3.05, 3.63) is 73.1 Å². The van der Waals surface area contributed by atoms with Crippen molar-refractivity contribution in [1.29, 1.82) is 0 Å². The van der Waals surface area contributed by atoms with Crippen LogP contribution in [0.5, 0.6) is 0 Å². The molecule has 0 unspecified atom stereocenters. The average Bonchev–Trinajstić information content (AvgIpc) is 3.35. The third kappa shape index (κ3) is 3.99. The number of hydrogen-bond acceptors (Lipinski definition) is 4. The van der Waals surface area contributed by atoms with Crippen molar-refractivity contribution in [2.24, 2.45) is 5.92 Å². The Hall–Kier alpha value is -2.38. The lowest BCUT2D eigenvalue weighted by Gasteiger charge is -2.33. The molecule has 0 N–H and O–H groups in total. The fourth-order valence-corrected chi connectivity index (χ4v) is 5.22. The van der Waals surface area contributed by atoms with Gasteiger partial charge in [-0.15, -0.1) is 0 Å². The van der Waals surface area contributed by atoms with Gasteiger partial charge in [0.05, 0.1) is 11.2 Å². The number of aromatic nitrogens is 3. The molecule has 3 aromatic rings. The third-order valence-corrected chi connectivity index (χ3v) is 6.85. The van der Waals surface area contributed by atoms with E-state index in [0.29, 0.717) is 17.4 Å². The lowest BCUT2D eigenvalue weighted by Crippen LogP contribution is -2.37. The van der Waals surface area contributed by atoms with Gasteiger partial charge in [-0.2, -0.15) is 0 Å². The number of likely N-dealkylation sites (tertiary alicyclic amines) is 1. The molecule has 27 heavy (non-hydrogen) atoms. The Morgan fingerprint density at radius 3 is 2.70 bits per heavy atom. The lowest BCUT2D eigenvalue weighted by molar-refractivity contribution is 0.154. The van der Waals surface area contributed by atoms with Gasteiger partial charge in [0.15, 0.2) is 0 Å². The van der Waals surface area contributed by atoms with Crippen molar-refractivity contribution in [2.75, 3.05) is 13.1 Å². The van der Waals surface area contributed by atoms with E-state index >= 15 is 0 Å². The highest BCUT2D eigenvalue weighted by atomic mass is 32.2. The summed E-state index contributed by atoms with van der Waals surface area (Å²) in [5.41, 5.74) is 0.808. The third-order valence-electron chi connectivity index (χ3n) is 5.11. The molecular weight excluding hydrogens is 360 g/mol. The van der Waals surface area contributed by atoms with Crippen LogP contribution < -0.4 is 0 Å². The molecule has 1 atom stereocenters. The van der Waals surface area contributed by atoms with Crippen LogP contribution in [-0.2, 0) is 23.1 Å². The second kappa shape index (κ2) is 7.70. The number of rotatable bonds is 6. The first-order valence-corrected chi connectivity index (χ1v) is 10.7. The predicted molar refractivity (Wildman–Crippen MR) is 104 cm³/mol. The van der Waals surface area contributed by atoms with Crippen LogP contribution in [0.25, 0.3) is 0 Å². The van der Waals surface area contributed by atoms with Crippen LogP contribution in [0.15, 0.2) is 72.3 Å². The molecule has 0 amide bonds. The molecule has 0 spiro atoms. The van der Waals surface area contributed by atoms with Crippen molar-refractivity contribution in [3.8, 4) is 0 Å². The monoisotopic (exact) mass is 384 g/mol. The predicted octanol–water partition coefficient (Wildman–Crippen LogP) is 2.83. The summed E-state index contributed by atoms with van der Waals surface area (Å²) in [6, 6.07) is 12.3. The molecule has 6 nitrogen and oxygen atoms in total. The summed E-state index contributed by atoms with van der Waals surface area (Å²) >= 11 is 0. The first kappa shape index (κ1) is 18.0. The maximum Gasteiger partial charge on any atom is 0.267 e. The van der Waals surface area contributed by atoms with Crippen LogP contribution in [0.3, 0.4) is 0 Å². The summed E-state index contributed by atoms with van der Waals surface area (Å²) in [6.45, 7) is 3.56. The van der Waals surface area contributed by atoms with Gasteiger partial charge in [0.25, 0.3) is 10.0 Å². The summed E-state index contributed by atoms with van der Waals surface area (Å²) < 4.78 is 29.5. The Bertz CT molecular complexity index is 965. The SMILES string of the molecule is O=S(=O)(c1ccccc1)n1cccc1CN1CCC[C@@H](Cn2ccnc2)C1. The summed E-state index contributed by atoms with van der Waals surface area (Å²) in [6.07, 6.45) is 9.63. The first-order chi connectivity index (χ1) is 13.1. The Labute approximate surface area is 160 Å². The Morgan fingerprint density at radius 2 is 1.93 bits per heavy atom. The summed E-state index contributed by atoms with van der Waals surface area (Å²) in [5, 5.41) is 0. The maximum absolute atomic E-state index is 13.0. The summed E-state index contributed by atoms with van der Waals surface area (Å²) in [5.74, 6) is 0.557. The molecule has 7 heteroatoms. The highest BCUT2D eigenvalue weighted by Gasteiger charge is 2.24. The molecule has 2 aromatic heterocycles. The van der Waals surface area contributed by atoms with Gasteiger partial charge >= 0.3 is 0 Å². The van der Waals surface area contributed by atoms with Gasteiger partial charge in [-0.1, -0.05) is 18.2 Å². The van der Waals surface area contributed by atoms with Gasteiger partial charge in [-0.3, -0.25) is 4.90 Å². The van der Waals surface area contributed by atoms with E-state index in [1.54, 1.807) is 30.5 Å². The van der Waals surface area contributed by atoms with Crippen LogP contribution in [0.1, 0.15) is 18.5 Å². The standard InChI is InChI=1S/C20H24N4O2S/c25-27(26,20-8-2-1-3-9-20)24-12-5-7-19(24)16-22-11-4-6-18(14-22)15-23-13-10-21-17-23/h1-3,5,7-10,12-13,17-18H,4,6,11,14-16H2/t18-/m1/s1. The minimum atomic E-state index is -3.55. The van der Waals surface area contributed by atoms with Gasteiger partial charge in [0, 0.05) is 43.9 Å². The van der Waals surface area contributed by atoms with Gasteiger partial charge in [0.1, 0.15) is 0 Å². The van der Waals surface area contributed by atoms with Crippen molar-refractivity contribution in [1.82, 2.24) is 18.4 Å². The molecule has 1 aliphatic rings. The molecule has 0 aliphatic carbocycles. The van der Waals surface area contributed by atoms with Crippen LogP contribution in [0.2, 0.25) is 0 Å². The zero-order valence-electron chi connectivity index (χ0n) is 15.2. The molecule has 1 aliphatic heterocycles. The van der Waals surface area contributed by atoms with Crippen molar-refractivity contribution < 1.29 is 8.42 Å². The van der Waals surface area contributed by atoms with E-state index in [9.17, 15) is 8.42 Å². The summed E-state index contributed by atoms with van der Waals surface area (Å²) in [7, 11) is -3.55. The van der Waals surface area contributed by atoms with Crippen LogP contribution in [0.4, 0.5) is 0 Å². The minimum absolute atomic E-state index is 0.319. The topological polar surface area (TPSA) is 60.1 Å². The van der Waals surface area contributed by atoms with Crippen LogP contribution in [0, 0.1) is 5.92 Å². The number of nitrogens with zero attached hydrogens (tertiary/aromatic N) is 4. The molecule has 142 valence electrons. The Kier molecular flexibility index (Phi) is 5.13. The minimum Gasteiger partial charge on any atom is -0.337 e. The number of piperidine rings is 1. The second-order valence-electron chi connectivity index (χ2n) is 7.12. The van der Waals surface area contributed by atoms with E-state index in [-0.39, 0.29) is 0 Å². The van der Waals surface area contributed by atoms with Gasteiger partial charge < -0.3 is 4.57 Å². The van der Waals surface area contributed by atoms with E-state index < -0.39 is 10.0 Å². The highest BCUT2D eigenvalue weighted by molar-refractivity contribution is 7.90.